The van der Waals surface area contributed by atoms with E-state index in [4.69, 9.17) is 10.9 Å². The predicted octanol–water partition coefficient (Wildman–Crippen LogP) is 0.501. The Bertz CT molecular complexity index is 321. The van der Waals surface area contributed by atoms with Crippen LogP contribution in [0.25, 0.3) is 0 Å². The molecule has 0 aliphatic carbocycles. The standard InChI is InChI=1S/C8H11N3O2S/c9-7(11-13)3-8(12)10-4-6-1-2-14-5-6/h1-2,5,13H,3-4H2,(H2,9,11)(H,10,12). The van der Waals surface area contributed by atoms with Crippen LogP contribution in [0.3, 0.4) is 0 Å². The molecule has 1 aromatic rings. The van der Waals surface area contributed by atoms with Crippen molar-refractivity contribution in [3.05, 3.63) is 22.4 Å². The maximum atomic E-state index is 11.1. The van der Waals surface area contributed by atoms with Crippen molar-refractivity contribution in [2.24, 2.45) is 10.9 Å². The van der Waals surface area contributed by atoms with E-state index < -0.39 is 0 Å². The van der Waals surface area contributed by atoms with Crippen LogP contribution in [0.15, 0.2) is 22.0 Å². The molecule has 5 nitrogen and oxygen atoms in total. The molecule has 0 aromatic carbocycles. The van der Waals surface area contributed by atoms with Crippen molar-refractivity contribution in [2.75, 3.05) is 0 Å². The first-order chi connectivity index (χ1) is 6.72. The van der Waals surface area contributed by atoms with Crippen molar-refractivity contribution in [3.8, 4) is 0 Å². The molecular weight excluding hydrogens is 202 g/mol. The van der Waals surface area contributed by atoms with Crippen LogP contribution < -0.4 is 11.1 Å². The zero-order chi connectivity index (χ0) is 10.4. The largest absolute Gasteiger partial charge is 0.409 e. The van der Waals surface area contributed by atoms with E-state index in [2.05, 4.69) is 10.5 Å². The molecular formula is C8H11N3O2S. The first-order valence-electron chi connectivity index (χ1n) is 3.96. The zero-order valence-corrected chi connectivity index (χ0v) is 8.25. The van der Waals surface area contributed by atoms with Crippen molar-refractivity contribution in [1.82, 2.24) is 5.32 Å². The Balaban J connectivity index is 2.29. The molecule has 0 saturated heterocycles. The van der Waals surface area contributed by atoms with E-state index in [0.29, 0.717) is 6.54 Å². The van der Waals surface area contributed by atoms with Crippen LogP contribution in [-0.4, -0.2) is 17.0 Å². The van der Waals surface area contributed by atoms with Crippen LogP contribution in [0.5, 0.6) is 0 Å². The van der Waals surface area contributed by atoms with E-state index >= 15 is 0 Å². The second kappa shape index (κ2) is 5.23. The molecule has 4 N–H and O–H groups in total. The van der Waals surface area contributed by atoms with E-state index in [1.54, 1.807) is 11.3 Å². The number of carbonyl (C=O) groups excluding carboxylic acids is 1. The number of amidine groups is 1. The Morgan fingerprint density at radius 3 is 3.07 bits per heavy atom. The van der Waals surface area contributed by atoms with Crippen LogP contribution >= 0.6 is 11.3 Å². The lowest BCUT2D eigenvalue weighted by Gasteiger charge is -2.01. The average molecular weight is 213 g/mol. The highest BCUT2D eigenvalue weighted by molar-refractivity contribution is 7.07. The van der Waals surface area contributed by atoms with Crippen molar-refractivity contribution in [3.63, 3.8) is 0 Å². The summed E-state index contributed by atoms with van der Waals surface area (Å²) in [4.78, 5) is 11.1. The Hall–Kier alpha value is -1.56. The fraction of sp³-hybridized carbons (Fsp3) is 0.250. The zero-order valence-electron chi connectivity index (χ0n) is 7.43. The highest BCUT2D eigenvalue weighted by Crippen LogP contribution is 2.04. The van der Waals surface area contributed by atoms with Crippen LogP contribution in [-0.2, 0) is 11.3 Å². The Morgan fingerprint density at radius 2 is 2.50 bits per heavy atom. The van der Waals surface area contributed by atoms with E-state index in [-0.39, 0.29) is 18.2 Å². The van der Waals surface area contributed by atoms with Crippen LogP contribution in [0.4, 0.5) is 0 Å². The van der Waals surface area contributed by atoms with Crippen molar-refractivity contribution < 1.29 is 10.0 Å². The number of hydrogen-bond donors (Lipinski definition) is 3. The highest BCUT2D eigenvalue weighted by Gasteiger charge is 2.04. The summed E-state index contributed by atoms with van der Waals surface area (Å²) < 4.78 is 0. The average Bonchev–Trinajstić information content (AvgIpc) is 2.67. The number of rotatable bonds is 4. The van der Waals surface area contributed by atoms with Gasteiger partial charge in [-0.15, -0.1) is 0 Å². The number of carbonyl (C=O) groups is 1. The molecule has 0 radical (unpaired) electrons. The molecule has 0 saturated carbocycles. The molecule has 0 spiro atoms. The second-order valence-electron chi connectivity index (χ2n) is 2.68. The van der Waals surface area contributed by atoms with Gasteiger partial charge in [-0.05, 0) is 22.4 Å². The monoisotopic (exact) mass is 213 g/mol. The second-order valence-corrected chi connectivity index (χ2v) is 3.46. The van der Waals surface area contributed by atoms with Gasteiger partial charge < -0.3 is 16.3 Å². The topological polar surface area (TPSA) is 87.7 Å². The minimum absolute atomic E-state index is 0.0827. The van der Waals surface area contributed by atoms with Crippen molar-refractivity contribution in [2.45, 2.75) is 13.0 Å². The van der Waals surface area contributed by atoms with Gasteiger partial charge in [0.05, 0.1) is 6.42 Å². The maximum absolute atomic E-state index is 11.1. The van der Waals surface area contributed by atoms with Gasteiger partial charge in [0.2, 0.25) is 5.91 Å². The first kappa shape index (κ1) is 10.5. The van der Waals surface area contributed by atoms with Gasteiger partial charge in [-0.1, -0.05) is 5.16 Å². The van der Waals surface area contributed by atoms with Gasteiger partial charge in [0.1, 0.15) is 5.84 Å². The van der Waals surface area contributed by atoms with Gasteiger partial charge in [-0.3, -0.25) is 4.79 Å². The fourth-order valence-corrected chi connectivity index (χ4v) is 1.52. The van der Waals surface area contributed by atoms with Crippen LogP contribution in [0.1, 0.15) is 12.0 Å². The lowest BCUT2D eigenvalue weighted by molar-refractivity contribution is -0.120. The fourth-order valence-electron chi connectivity index (χ4n) is 0.856. The number of nitrogens with two attached hydrogens (primary N) is 1. The summed E-state index contributed by atoms with van der Waals surface area (Å²) in [6, 6.07) is 1.93. The van der Waals surface area contributed by atoms with Gasteiger partial charge in [0, 0.05) is 6.54 Å². The Kier molecular flexibility index (Phi) is 3.93. The molecule has 14 heavy (non-hydrogen) atoms. The number of oxime groups is 1. The first-order valence-corrected chi connectivity index (χ1v) is 4.91. The van der Waals surface area contributed by atoms with E-state index in [1.807, 2.05) is 16.8 Å². The van der Waals surface area contributed by atoms with Gasteiger partial charge >= 0.3 is 0 Å². The van der Waals surface area contributed by atoms with Gasteiger partial charge in [0.15, 0.2) is 0 Å². The normalized spacial score (nSPS) is 11.3. The van der Waals surface area contributed by atoms with Gasteiger partial charge in [0.25, 0.3) is 0 Å². The summed E-state index contributed by atoms with van der Waals surface area (Å²) in [5, 5.41) is 17.5. The Labute approximate surface area is 85.2 Å². The highest BCUT2D eigenvalue weighted by atomic mass is 32.1. The molecule has 0 aliphatic heterocycles. The lowest BCUT2D eigenvalue weighted by Crippen LogP contribution is -2.28. The van der Waals surface area contributed by atoms with Crippen molar-refractivity contribution in [1.29, 1.82) is 0 Å². The molecule has 1 rings (SSSR count). The SMILES string of the molecule is NC(CC(=O)NCc1ccsc1)=NO. The van der Waals surface area contributed by atoms with Gasteiger partial charge in [-0.25, -0.2) is 0 Å². The molecule has 1 aromatic heterocycles. The molecule has 0 atom stereocenters. The quantitative estimate of drug-likeness (QED) is 0.294. The molecule has 6 heteroatoms. The minimum Gasteiger partial charge on any atom is -0.409 e. The number of thiophene rings is 1. The smallest absolute Gasteiger partial charge is 0.227 e. The summed E-state index contributed by atoms with van der Waals surface area (Å²) in [5.74, 6) is -0.348. The summed E-state index contributed by atoms with van der Waals surface area (Å²) in [6.07, 6.45) is -0.0827. The number of hydrogen-bond acceptors (Lipinski definition) is 4. The molecule has 1 heterocycles. The van der Waals surface area contributed by atoms with Crippen molar-refractivity contribution >= 4 is 23.1 Å². The third-order valence-electron chi connectivity index (χ3n) is 1.54. The molecule has 76 valence electrons. The number of nitrogens with one attached hydrogen (secondary N) is 1. The van der Waals surface area contributed by atoms with E-state index in [0.717, 1.165) is 5.56 Å². The summed E-state index contributed by atoms with van der Waals surface area (Å²) in [5.41, 5.74) is 6.21. The minimum atomic E-state index is -0.258. The molecule has 0 bridgehead atoms. The summed E-state index contributed by atoms with van der Waals surface area (Å²) in [6.45, 7) is 0.473. The lowest BCUT2D eigenvalue weighted by atomic mass is 10.3. The molecule has 0 aliphatic rings. The van der Waals surface area contributed by atoms with E-state index in [9.17, 15) is 4.79 Å². The predicted molar refractivity (Wildman–Crippen MR) is 54.2 cm³/mol. The summed E-state index contributed by atoms with van der Waals surface area (Å²) >= 11 is 1.57. The third-order valence-corrected chi connectivity index (χ3v) is 2.27. The number of nitrogens with zero attached hydrogens (tertiary/aromatic N) is 1. The molecule has 1 amide bonds. The van der Waals surface area contributed by atoms with Crippen LogP contribution in [0.2, 0.25) is 0 Å². The molecule has 0 unspecified atom stereocenters. The van der Waals surface area contributed by atoms with Crippen LogP contribution in [0, 0.1) is 0 Å². The summed E-state index contributed by atoms with van der Waals surface area (Å²) in [7, 11) is 0. The maximum Gasteiger partial charge on any atom is 0.227 e. The van der Waals surface area contributed by atoms with E-state index in [1.165, 1.54) is 0 Å². The van der Waals surface area contributed by atoms with Gasteiger partial charge in [-0.2, -0.15) is 11.3 Å². The molecule has 0 fully saturated rings. The third kappa shape index (κ3) is 3.44. The Morgan fingerprint density at radius 1 is 1.71 bits per heavy atom. The number of amides is 1.